The number of hydrogen-bond acceptors (Lipinski definition) is 5. The summed E-state index contributed by atoms with van der Waals surface area (Å²) >= 11 is 0. The number of aromatic nitrogens is 2. The summed E-state index contributed by atoms with van der Waals surface area (Å²) in [6, 6.07) is 8.54. The molecule has 1 saturated heterocycles. The van der Waals surface area contributed by atoms with Gasteiger partial charge in [-0.05, 0) is 50.1 Å². The third-order valence-corrected chi connectivity index (χ3v) is 5.59. The number of furan rings is 1. The van der Waals surface area contributed by atoms with Crippen LogP contribution < -0.4 is 10.7 Å². The van der Waals surface area contributed by atoms with Crippen molar-refractivity contribution in [2.45, 2.75) is 32.0 Å². The molecule has 11 heteroatoms. The fourth-order valence-electron chi connectivity index (χ4n) is 3.82. The van der Waals surface area contributed by atoms with E-state index in [1.54, 1.807) is 17.0 Å². The molecule has 178 valence electrons. The van der Waals surface area contributed by atoms with Crippen LogP contribution in [0.2, 0.25) is 0 Å². The third kappa shape index (κ3) is 4.87. The molecule has 3 aromatic rings. The summed E-state index contributed by atoms with van der Waals surface area (Å²) in [6.45, 7) is 2.29. The first-order chi connectivity index (χ1) is 16.1. The summed E-state index contributed by atoms with van der Waals surface area (Å²) in [4.78, 5) is 39.2. The molecule has 1 fully saturated rings. The largest absolute Gasteiger partial charge is 0.459 e. The van der Waals surface area contributed by atoms with Crippen LogP contribution in [0.3, 0.4) is 0 Å². The maximum Gasteiger partial charge on any atom is 0.416 e. The molecule has 8 nitrogen and oxygen atoms in total. The molecular formula is C23H21F3N4O4. The van der Waals surface area contributed by atoms with Crippen molar-refractivity contribution in [2.75, 3.05) is 13.1 Å². The molecular weight excluding hydrogens is 453 g/mol. The highest BCUT2D eigenvalue weighted by atomic mass is 19.4. The van der Waals surface area contributed by atoms with Gasteiger partial charge in [0, 0.05) is 30.9 Å². The van der Waals surface area contributed by atoms with Crippen molar-refractivity contribution in [3.05, 3.63) is 81.7 Å². The van der Waals surface area contributed by atoms with Gasteiger partial charge in [0.2, 0.25) is 5.43 Å². The van der Waals surface area contributed by atoms with E-state index in [2.05, 4.69) is 10.4 Å². The summed E-state index contributed by atoms with van der Waals surface area (Å²) in [5, 5.41) is 6.80. The second kappa shape index (κ2) is 9.16. The molecule has 4 rings (SSSR count). The lowest BCUT2D eigenvalue weighted by atomic mass is 10.0. The summed E-state index contributed by atoms with van der Waals surface area (Å²) < 4.78 is 45.6. The Bertz CT molecular complexity index is 1260. The maximum absolute atomic E-state index is 13.1. The number of alkyl halides is 3. The Balaban J connectivity index is 1.48. The van der Waals surface area contributed by atoms with Gasteiger partial charge in [-0.2, -0.15) is 18.3 Å². The fraction of sp³-hybridized carbons (Fsp3) is 0.304. The van der Waals surface area contributed by atoms with Crippen LogP contribution in [-0.2, 0) is 6.18 Å². The second-order valence-corrected chi connectivity index (χ2v) is 7.98. The highest BCUT2D eigenvalue weighted by Crippen LogP contribution is 2.30. The second-order valence-electron chi connectivity index (χ2n) is 7.98. The van der Waals surface area contributed by atoms with Crippen molar-refractivity contribution in [2.24, 2.45) is 0 Å². The number of amides is 2. The molecule has 0 spiro atoms. The standard InChI is InChI=1S/C23H21F3N4O4/c1-14-12-18(31)20(28-30(14)17-5-2-4-15(13-17)23(24,25)26)21(32)27-16-7-9-29(10-8-16)22(33)19-6-3-11-34-19/h2-6,11-13,16H,7-10H2,1H3,(H,27,32). The average Bonchev–Trinajstić information content (AvgIpc) is 3.34. The van der Waals surface area contributed by atoms with Gasteiger partial charge in [0.15, 0.2) is 11.5 Å². The number of nitrogens with one attached hydrogen (secondary N) is 1. The Kier molecular flexibility index (Phi) is 6.27. The van der Waals surface area contributed by atoms with E-state index in [0.717, 1.165) is 22.9 Å². The van der Waals surface area contributed by atoms with Crippen LogP contribution in [0, 0.1) is 6.92 Å². The molecule has 0 unspecified atom stereocenters. The topological polar surface area (TPSA) is 97.4 Å². The molecule has 1 aliphatic rings. The molecule has 34 heavy (non-hydrogen) atoms. The quantitative estimate of drug-likeness (QED) is 0.627. The van der Waals surface area contributed by atoms with E-state index in [-0.39, 0.29) is 29.1 Å². The Morgan fingerprint density at radius 3 is 2.50 bits per heavy atom. The molecule has 2 aromatic heterocycles. The fourth-order valence-corrected chi connectivity index (χ4v) is 3.82. The summed E-state index contributed by atoms with van der Waals surface area (Å²) in [7, 11) is 0. The van der Waals surface area contributed by atoms with Gasteiger partial charge in [0.1, 0.15) is 0 Å². The Morgan fingerprint density at radius 1 is 1.12 bits per heavy atom. The van der Waals surface area contributed by atoms with Gasteiger partial charge in [-0.15, -0.1) is 0 Å². The molecule has 1 aromatic carbocycles. The van der Waals surface area contributed by atoms with E-state index < -0.39 is 28.8 Å². The average molecular weight is 474 g/mol. The smallest absolute Gasteiger partial charge is 0.416 e. The van der Waals surface area contributed by atoms with Gasteiger partial charge in [-0.25, -0.2) is 4.68 Å². The minimum Gasteiger partial charge on any atom is -0.459 e. The van der Waals surface area contributed by atoms with Crippen LogP contribution in [0.15, 0.2) is 57.9 Å². The van der Waals surface area contributed by atoms with Crippen LogP contribution in [0.4, 0.5) is 13.2 Å². The van der Waals surface area contributed by atoms with Crippen molar-refractivity contribution in [1.82, 2.24) is 20.0 Å². The third-order valence-electron chi connectivity index (χ3n) is 5.59. The first kappa shape index (κ1) is 23.3. The van der Waals surface area contributed by atoms with Crippen LogP contribution >= 0.6 is 0 Å². The zero-order valence-corrected chi connectivity index (χ0v) is 18.1. The molecule has 3 heterocycles. The first-order valence-electron chi connectivity index (χ1n) is 10.6. The number of hydrogen-bond donors (Lipinski definition) is 1. The lowest BCUT2D eigenvalue weighted by molar-refractivity contribution is -0.137. The molecule has 1 aliphatic heterocycles. The van der Waals surface area contributed by atoms with Gasteiger partial charge < -0.3 is 14.6 Å². The Hall–Kier alpha value is -3.89. The SMILES string of the molecule is Cc1cc(=O)c(C(=O)NC2CCN(C(=O)c3ccco3)CC2)nn1-c1cccc(C(F)(F)F)c1. The molecule has 2 amide bonds. The van der Waals surface area contributed by atoms with Crippen molar-refractivity contribution < 1.29 is 27.2 Å². The van der Waals surface area contributed by atoms with E-state index in [1.807, 2.05) is 0 Å². The van der Waals surface area contributed by atoms with E-state index in [4.69, 9.17) is 4.42 Å². The van der Waals surface area contributed by atoms with Crippen molar-refractivity contribution in [1.29, 1.82) is 0 Å². The van der Waals surface area contributed by atoms with E-state index in [9.17, 15) is 27.6 Å². The van der Waals surface area contributed by atoms with Gasteiger partial charge in [0.05, 0.1) is 17.5 Å². The van der Waals surface area contributed by atoms with E-state index >= 15 is 0 Å². The monoisotopic (exact) mass is 474 g/mol. The van der Waals surface area contributed by atoms with Gasteiger partial charge in [-0.3, -0.25) is 14.4 Å². The highest BCUT2D eigenvalue weighted by Gasteiger charge is 2.31. The lowest BCUT2D eigenvalue weighted by Gasteiger charge is -2.31. The lowest BCUT2D eigenvalue weighted by Crippen LogP contribution is -2.47. The van der Waals surface area contributed by atoms with Crippen LogP contribution in [0.1, 0.15) is 45.1 Å². The van der Waals surface area contributed by atoms with Gasteiger partial charge in [0.25, 0.3) is 11.8 Å². The number of aryl methyl sites for hydroxylation is 1. The number of piperidine rings is 1. The summed E-state index contributed by atoms with van der Waals surface area (Å²) in [5.41, 5.74) is -1.57. The molecule has 0 radical (unpaired) electrons. The number of rotatable bonds is 4. The maximum atomic E-state index is 13.1. The van der Waals surface area contributed by atoms with Gasteiger partial charge >= 0.3 is 6.18 Å². The molecule has 0 atom stereocenters. The van der Waals surface area contributed by atoms with E-state index in [1.165, 1.54) is 25.3 Å². The molecule has 0 aliphatic carbocycles. The Morgan fingerprint density at radius 2 is 1.85 bits per heavy atom. The first-order valence-corrected chi connectivity index (χ1v) is 10.6. The minimum absolute atomic E-state index is 0.0751. The van der Waals surface area contributed by atoms with Crippen LogP contribution in [0.5, 0.6) is 0 Å². The predicted octanol–water partition coefficient (Wildman–Crippen LogP) is 3.19. The summed E-state index contributed by atoms with van der Waals surface area (Å²) in [5.74, 6) is -0.720. The van der Waals surface area contributed by atoms with Crippen LogP contribution in [0.25, 0.3) is 5.69 Å². The molecule has 0 bridgehead atoms. The number of likely N-dealkylation sites (tertiary alicyclic amines) is 1. The van der Waals surface area contributed by atoms with Gasteiger partial charge in [-0.1, -0.05) is 6.07 Å². The predicted molar refractivity (Wildman–Crippen MR) is 115 cm³/mol. The number of nitrogens with zero attached hydrogens (tertiary/aromatic N) is 3. The Labute approximate surface area is 192 Å². The normalized spacial score (nSPS) is 14.8. The number of carbonyl (C=O) groups excluding carboxylic acids is 2. The van der Waals surface area contributed by atoms with Crippen molar-refractivity contribution in [3.8, 4) is 5.69 Å². The van der Waals surface area contributed by atoms with E-state index in [0.29, 0.717) is 25.9 Å². The molecule has 1 N–H and O–H groups in total. The van der Waals surface area contributed by atoms with Crippen molar-refractivity contribution >= 4 is 11.8 Å². The van der Waals surface area contributed by atoms with Crippen LogP contribution in [-0.4, -0.2) is 45.6 Å². The minimum atomic E-state index is -4.55. The number of carbonyl (C=O) groups is 2. The highest BCUT2D eigenvalue weighted by molar-refractivity contribution is 5.92. The molecule has 0 saturated carbocycles. The zero-order chi connectivity index (χ0) is 24.5. The number of benzene rings is 1. The number of halogens is 3. The van der Waals surface area contributed by atoms with Crippen molar-refractivity contribution in [3.63, 3.8) is 0 Å². The summed E-state index contributed by atoms with van der Waals surface area (Å²) in [6.07, 6.45) is -2.20. The zero-order valence-electron chi connectivity index (χ0n) is 18.1.